The molecule has 5 heteroatoms. The summed E-state index contributed by atoms with van der Waals surface area (Å²) < 4.78 is 1.81. The molecule has 0 saturated heterocycles. The van der Waals surface area contributed by atoms with Crippen molar-refractivity contribution in [2.24, 2.45) is 0 Å². The molecule has 0 saturated carbocycles. The first-order chi connectivity index (χ1) is 10.2. The number of carbonyl (C=O) groups is 1. The molecule has 0 fully saturated rings. The van der Waals surface area contributed by atoms with Crippen LogP contribution < -0.4 is 0 Å². The Hall–Kier alpha value is -2.17. The molecule has 21 heavy (non-hydrogen) atoms. The first kappa shape index (κ1) is 13.8. The Morgan fingerprint density at radius 1 is 1.24 bits per heavy atom. The summed E-state index contributed by atoms with van der Waals surface area (Å²) in [6.07, 6.45) is 8.03. The zero-order chi connectivity index (χ0) is 14.7. The monoisotopic (exact) mass is 285 g/mol. The third-order valence-corrected chi connectivity index (χ3v) is 3.96. The Bertz CT molecular complexity index is 649. The predicted molar refractivity (Wildman–Crippen MR) is 78.6 cm³/mol. The lowest BCUT2D eigenvalue weighted by Gasteiger charge is -2.03. The van der Waals surface area contributed by atoms with Gasteiger partial charge in [-0.1, -0.05) is 11.3 Å². The molecule has 0 amide bonds. The fourth-order valence-electron chi connectivity index (χ4n) is 2.82. The molecule has 1 N–H and O–H groups in total. The lowest BCUT2D eigenvalue weighted by molar-refractivity contribution is -0.137. The van der Waals surface area contributed by atoms with Crippen LogP contribution in [-0.2, 0) is 24.1 Å². The van der Waals surface area contributed by atoms with Crippen molar-refractivity contribution in [1.29, 1.82) is 0 Å². The van der Waals surface area contributed by atoms with E-state index in [1.807, 2.05) is 10.9 Å². The fraction of sp³-hybridized carbons (Fsp3) is 0.438. The number of aryl methyl sites for hydroxylation is 3. The lowest BCUT2D eigenvalue weighted by atomic mass is 10.1. The third-order valence-electron chi connectivity index (χ3n) is 3.96. The van der Waals surface area contributed by atoms with Gasteiger partial charge in [-0.15, -0.1) is 5.10 Å². The Balaban J connectivity index is 1.63. The number of hydrogen-bond donors (Lipinski definition) is 1. The second-order valence-corrected chi connectivity index (χ2v) is 5.56. The standard InChI is InChI=1S/C16H19N3O2/c20-16(21)7-2-1-6-14-11-19(18-17-14)15-9-8-12-4-3-5-13(12)10-15/h8-11H,1-7H2,(H,20,21). The number of aliphatic carboxylic acids is 1. The molecule has 1 heterocycles. The second-order valence-electron chi connectivity index (χ2n) is 5.56. The van der Waals surface area contributed by atoms with Crippen molar-refractivity contribution >= 4 is 5.97 Å². The van der Waals surface area contributed by atoms with E-state index >= 15 is 0 Å². The van der Waals surface area contributed by atoms with E-state index in [2.05, 4.69) is 28.5 Å². The zero-order valence-corrected chi connectivity index (χ0v) is 12.0. The molecule has 0 spiro atoms. The Labute approximate surface area is 123 Å². The Morgan fingerprint density at radius 3 is 2.95 bits per heavy atom. The largest absolute Gasteiger partial charge is 0.481 e. The Kier molecular flexibility index (Phi) is 3.99. The highest BCUT2D eigenvalue weighted by Gasteiger charge is 2.12. The SMILES string of the molecule is O=C(O)CCCCc1cn(-c2ccc3c(c2)CCC3)nn1. The molecular formula is C16H19N3O2. The quantitative estimate of drug-likeness (QED) is 0.828. The van der Waals surface area contributed by atoms with Gasteiger partial charge in [-0.3, -0.25) is 4.79 Å². The first-order valence-corrected chi connectivity index (χ1v) is 7.47. The number of carboxylic acids is 1. The summed E-state index contributed by atoms with van der Waals surface area (Å²) in [6.45, 7) is 0. The highest BCUT2D eigenvalue weighted by molar-refractivity contribution is 5.66. The molecule has 5 nitrogen and oxygen atoms in total. The molecule has 0 atom stereocenters. The van der Waals surface area contributed by atoms with E-state index in [0.717, 1.165) is 30.6 Å². The summed E-state index contributed by atoms with van der Waals surface area (Å²) in [4.78, 5) is 10.5. The van der Waals surface area contributed by atoms with Crippen LogP contribution in [-0.4, -0.2) is 26.1 Å². The van der Waals surface area contributed by atoms with Crippen LogP contribution in [0.4, 0.5) is 0 Å². The molecule has 1 aliphatic carbocycles. The van der Waals surface area contributed by atoms with Crippen molar-refractivity contribution in [2.75, 3.05) is 0 Å². The van der Waals surface area contributed by atoms with Crippen molar-refractivity contribution in [3.8, 4) is 5.69 Å². The van der Waals surface area contributed by atoms with Crippen molar-refractivity contribution in [2.45, 2.75) is 44.9 Å². The number of nitrogens with zero attached hydrogens (tertiary/aromatic N) is 3. The number of carboxylic acid groups (broad SMARTS) is 1. The Morgan fingerprint density at radius 2 is 2.10 bits per heavy atom. The summed E-state index contributed by atoms with van der Waals surface area (Å²) in [5.41, 5.74) is 4.85. The number of fused-ring (bicyclic) bond motifs is 1. The van der Waals surface area contributed by atoms with Crippen LogP contribution in [0.25, 0.3) is 5.69 Å². The van der Waals surface area contributed by atoms with Crippen molar-refractivity contribution < 1.29 is 9.90 Å². The van der Waals surface area contributed by atoms with Gasteiger partial charge < -0.3 is 5.11 Å². The van der Waals surface area contributed by atoms with E-state index in [1.165, 1.54) is 24.0 Å². The maximum atomic E-state index is 10.5. The number of hydrogen-bond acceptors (Lipinski definition) is 3. The maximum absolute atomic E-state index is 10.5. The highest BCUT2D eigenvalue weighted by Crippen LogP contribution is 2.24. The van der Waals surface area contributed by atoms with Gasteiger partial charge in [-0.25, -0.2) is 4.68 Å². The minimum atomic E-state index is -0.739. The van der Waals surface area contributed by atoms with E-state index in [9.17, 15) is 4.79 Å². The predicted octanol–water partition coefficient (Wildman–Crippen LogP) is 2.55. The molecule has 0 bridgehead atoms. The molecule has 3 rings (SSSR count). The maximum Gasteiger partial charge on any atom is 0.303 e. The van der Waals surface area contributed by atoms with Gasteiger partial charge in [0.2, 0.25) is 0 Å². The normalized spacial score (nSPS) is 13.3. The van der Waals surface area contributed by atoms with Gasteiger partial charge in [0.1, 0.15) is 0 Å². The van der Waals surface area contributed by atoms with E-state index in [1.54, 1.807) is 0 Å². The average Bonchev–Trinajstić information content (AvgIpc) is 3.11. The summed E-state index contributed by atoms with van der Waals surface area (Å²) >= 11 is 0. The summed E-state index contributed by atoms with van der Waals surface area (Å²) in [5, 5.41) is 17.0. The first-order valence-electron chi connectivity index (χ1n) is 7.47. The lowest BCUT2D eigenvalue weighted by Crippen LogP contribution is -1.96. The van der Waals surface area contributed by atoms with Gasteiger partial charge in [0.25, 0.3) is 0 Å². The zero-order valence-electron chi connectivity index (χ0n) is 12.0. The van der Waals surface area contributed by atoms with Gasteiger partial charge in [0.05, 0.1) is 17.6 Å². The number of unbranched alkanes of at least 4 members (excludes halogenated alkanes) is 1. The van der Waals surface area contributed by atoms with Crippen LogP contribution in [0, 0.1) is 0 Å². The van der Waals surface area contributed by atoms with E-state index in [0.29, 0.717) is 6.42 Å². The van der Waals surface area contributed by atoms with Crippen LogP contribution in [0.15, 0.2) is 24.4 Å². The smallest absolute Gasteiger partial charge is 0.303 e. The van der Waals surface area contributed by atoms with Crippen LogP contribution in [0.2, 0.25) is 0 Å². The molecule has 2 aromatic rings. The fourth-order valence-corrected chi connectivity index (χ4v) is 2.82. The van der Waals surface area contributed by atoms with Crippen LogP contribution in [0.1, 0.15) is 42.5 Å². The van der Waals surface area contributed by atoms with E-state index in [-0.39, 0.29) is 6.42 Å². The average molecular weight is 285 g/mol. The molecule has 0 radical (unpaired) electrons. The second kappa shape index (κ2) is 6.08. The molecule has 0 aliphatic heterocycles. The van der Waals surface area contributed by atoms with Crippen molar-refractivity contribution in [1.82, 2.24) is 15.0 Å². The number of rotatable bonds is 6. The third kappa shape index (κ3) is 3.29. The van der Waals surface area contributed by atoms with Gasteiger partial charge in [-0.05, 0) is 61.8 Å². The van der Waals surface area contributed by atoms with Gasteiger partial charge in [-0.2, -0.15) is 0 Å². The molecular weight excluding hydrogens is 266 g/mol. The molecule has 1 aromatic heterocycles. The van der Waals surface area contributed by atoms with Gasteiger partial charge >= 0.3 is 5.97 Å². The minimum absolute atomic E-state index is 0.221. The molecule has 1 aliphatic rings. The van der Waals surface area contributed by atoms with Crippen LogP contribution in [0.5, 0.6) is 0 Å². The van der Waals surface area contributed by atoms with E-state index < -0.39 is 5.97 Å². The van der Waals surface area contributed by atoms with Crippen molar-refractivity contribution in [3.63, 3.8) is 0 Å². The number of benzene rings is 1. The van der Waals surface area contributed by atoms with E-state index in [4.69, 9.17) is 5.11 Å². The minimum Gasteiger partial charge on any atom is -0.481 e. The summed E-state index contributed by atoms with van der Waals surface area (Å²) in [7, 11) is 0. The van der Waals surface area contributed by atoms with Crippen molar-refractivity contribution in [3.05, 3.63) is 41.2 Å². The molecule has 1 aromatic carbocycles. The van der Waals surface area contributed by atoms with Crippen LogP contribution >= 0.6 is 0 Å². The molecule has 0 unspecified atom stereocenters. The van der Waals surface area contributed by atoms with Gasteiger partial charge in [0, 0.05) is 6.42 Å². The summed E-state index contributed by atoms with van der Waals surface area (Å²) in [6, 6.07) is 6.48. The van der Waals surface area contributed by atoms with Gasteiger partial charge in [0.15, 0.2) is 0 Å². The molecule has 110 valence electrons. The van der Waals surface area contributed by atoms with Crippen LogP contribution in [0.3, 0.4) is 0 Å². The number of aromatic nitrogens is 3. The topological polar surface area (TPSA) is 68.0 Å². The highest BCUT2D eigenvalue weighted by atomic mass is 16.4. The summed E-state index contributed by atoms with van der Waals surface area (Å²) in [5.74, 6) is -0.739.